The van der Waals surface area contributed by atoms with E-state index in [0.717, 1.165) is 0 Å². The van der Waals surface area contributed by atoms with Crippen LogP contribution in [0.4, 0.5) is 0 Å². The number of ether oxygens (including phenoxy) is 1. The van der Waals surface area contributed by atoms with Gasteiger partial charge in [-0.2, -0.15) is 0 Å². The van der Waals surface area contributed by atoms with Gasteiger partial charge in [-0.1, -0.05) is 0 Å². The minimum atomic E-state index is -1.36. The van der Waals surface area contributed by atoms with Gasteiger partial charge in [0.2, 0.25) is 0 Å². The van der Waals surface area contributed by atoms with Gasteiger partial charge in [-0.3, -0.25) is 0 Å². The fraction of sp³-hybridized carbons (Fsp3) is 0.833. The smallest absolute Gasteiger partial charge is 0.157 e. The molecule has 64 valence electrons. The lowest BCUT2D eigenvalue weighted by Gasteiger charge is -2.14. The van der Waals surface area contributed by atoms with Crippen LogP contribution in [0.1, 0.15) is 6.42 Å². The molecule has 1 fully saturated rings. The number of carbonyl (C=O) groups excluding carboxylic acids is 1. The predicted molar refractivity (Wildman–Crippen MR) is 33.6 cm³/mol. The number of rotatable bonds is 2. The molecule has 1 aliphatic heterocycles. The second kappa shape index (κ2) is 3.27. The van der Waals surface area contributed by atoms with Crippen LogP contribution in [0.2, 0.25) is 0 Å². The van der Waals surface area contributed by atoms with Gasteiger partial charge in [0.25, 0.3) is 0 Å². The molecular formula is C6H10O5. The number of hydrogen-bond acceptors (Lipinski definition) is 5. The quantitative estimate of drug-likeness (QED) is 0.409. The van der Waals surface area contributed by atoms with Crippen LogP contribution >= 0.6 is 0 Å². The first-order chi connectivity index (χ1) is 5.15. The largest absolute Gasteiger partial charge is 0.390 e. The van der Waals surface area contributed by atoms with Crippen molar-refractivity contribution in [2.24, 2.45) is 0 Å². The maximum atomic E-state index is 10.0. The van der Waals surface area contributed by atoms with Gasteiger partial charge in [0.05, 0.1) is 6.10 Å². The summed E-state index contributed by atoms with van der Waals surface area (Å²) in [5.41, 5.74) is 0. The van der Waals surface area contributed by atoms with Crippen molar-refractivity contribution in [3.05, 3.63) is 0 Å². The third-order valence-corrected chi connectivity index (χ3v) is 1.61. The summed E-state index contributed by atoms with van der Waals surface area (Å²) in [5, 5.41) is 26.7. The molecule has 11 heavy (non-hydrogen) atoms. The van der Waals surface area contributed by atoms with Crippen LogP contribution in [0.3, 0.4) is 0 Å². The molecule has 0 spiro atoms. The minimum Gasteiger partial charge on any atom is -0.390 e. The molecule has 3 N–H and O–H groups in total. The van der Waals surface area contributed by atoms with Crippen molar-refractivity contribution in [1.29, 1.82) is 0 Å². The summed E-state index contributed by atoms with van der Waals surface area (Å²) in [7, 11) is 0. The zero-order valence-corrected chi connectivity index (χ0v) is 5.75. The van der Waals surface area contributed by atoms with Crippen molar-refractivity contribution in [2.75, 3.05) is 0 Å². The lowest BCUT2D eigenvalue weighted by molar-refractivity contribution is -0.142. The highest BCUT2D eigenvalue weighted by Gasteiger charge is 2.37. The molecule has 1 saturated heterocycles. The van der Waals surface area contributed by atoms with Crippen molar-refractivity contribution in [3.63, 3.8) is 0 Å². The molecule has 4 unspecified atom stereocenters. The van der Waals surface area contributed by atoms with Crippen LogP contribution in [-0.4, -0.2) is 46.2 Å². The molecule has 0 radical (unpaired) electrons. The lowest BCUT2D eigenvalue weighted by Crippen LogP contribution is -2.35. The average molecular weight is 162 g/mol. The van der Waals surface area contributed by atoms with Crippen LogP contribution < -0.4 is 0 Å². The molecule has 1 rings (SSSR count). The van der Waals surface area contributed by atoms with Crippen LogP contribution in [0.5, 0.6) is 0 Å². The van der Waals surface area contributed by atoms with E-state index in [-0.39, 0.29) is 12.7 Å². The highest BCUT2D eigenvalue weighted by Crippen LogP contribution is 2.20. The van der Waals surface area contributed by atoms with E-state index in [9.17, 15) is 4.79 Å². The Balaban J connectivity index is 2.52. The Morgan fingerprint density at radius 3 is 2.55 bits per heavy atom. The SMILES string of the molecule is O=CC(O)C1OC(O)CC1O. The van der Waals surface area contributed by atoms with Crippen LogP contribution in [0.25, 0.3) is 0 Å². The van der Waals surface area contributed by atoms with Gasteiger partial charge in [-0.05, 0) is 0 Å². The summed E-state index contributed by atoms with van der Waals surface area (Å²) in [5.74, 6) is 0. The highest BCUT2D eigenvalue weighted by atomic mass is 16.6. The second-order valence-corrected chi connectivity index (χ2v) is 2.49. The first kappa shape index (κ1) is 8.61. The number of aldehydes is 1. The Hall–Kier alpha value is -0.490. The van der Waals surface area contributed by atoms with Crippen molar-refractivity contribution < 1.29 is 24.9 Å². The van der Waals surface area contributed by atoms with Gasteiger partial charge in [-0.15, -0.1) is 0 Å². The van der Waals surface area contributed by atoms with E-state index >= 15 is 0 Å². The molecule has 0 aliphatic carbocycles. The highest BCUT2D eigenvalue weighted by molar-refractivity contribution is 5.56. The predicted octanol–water partition coefficient (Wildman–Crippen LogP) is -1.99. The number of hydrogen-bond donors (Lipinski definition) is 3. The monoisotopic (exact) mass is 162 g/mol. The summed E-state index contributed by atoms with van der Waals surface area (Å²) in [6.07, 6.45) is -4.08. The maximum Gasteiger partial charge on any atom is 0.157 e. The van der Waals surface area contributed by atoms with Crippen LogP contribution in [0.15, 0.2) is 0 Å². The fourth-order valence-electron chi connectivity index (χ4n) is 1.05. The molecule has 1 heterocycles. The van der Waals surface area contributed by atoms with Crippen LogP contribution in [-0.2, 0) is 9.53 Å². The van der Waals surface area contributed by atoms with Crippen molar-refractivity contribution in [2.45, 2.75) is 31.0 Å². The first-order valence-electron chi connectivity index (χ1n) is 3.30. The third-order valence-electron chi connectivity index (χ3n) is 1.61. The van der Waals surface area contributed by atoms with Crippen molar-refractivity contribution in [3.8, 4) is 0 Å². The normalized spacial score (nSPS) is 40.5. The third kappa shape index (κ3) is 1.75. The Labute approximate surface area is 63.2 Å². The molecule has 4 atom stereocenters. The fourth-order valence-corrected chi connectivity index (χ4v) is 1.05. The molecule has 0 aromatic carbocycles. The van der Waals surface area contributed by atoms with Crippen molar-refractivity contribution >= 4 is 6.29 Å². The van der Waals surface area contributed by atoms with Gasteiger partial charge < -0.3 is 24.9 Å². The van der Waals surface area contributed by atoms with E-state index in [0.29, 0.717) is 0 Å². The standard InChI is InChI=1S/C6H10O5/c7-2-4(9)6-3(8)1-5(10)11-6/h2-6,8-10H,1H2. The molecule has 0 amide bonds. The van der Waals surface area contributed by atoms with Crippen LogP contribution in [0, 0.1) is 0 Å². The van der Waals surface area contributed by atoms with E-state index in [1.807, 2.05) is 0 Å². The molecule has 0 saturated carbocycles. The minimum absolute atomic E-state index is 0.0373. The van der Waals surface area contributed by atoms with E-state index < -0.39 is 24.6 Å². The molecular weight excluding hydrogens is 152 g/mol. The number of aliphatic hydroxyl groups is 3. The summed E-state index contributed by atoms with van der Waals surface area (Å²) >= 11 is 0. The Morgan fingerprint density at radius 2 is 2.18 bits per heavy atom. The Bertz CT molecular complexity index is 148. The summed E-state index contributed by atoms with van der Waals surface area (Å²) < 4.78 is 4.65. The second-order valence-electron chi connectivity index (χ2n) is 2.49. The zero-order chi connectivity index (χ0) is 8.43. The van der Waals surface area contributed by atoms with Gasteiger partial charge in [0.1, 0.15) is 12.2 Å². The number of aliphatic hydroxyl groups excluding tert-OH is 3. The summed E-state index contributed by atoms with van der Waals surface area (Å²) in [6.45, 7) is 0. The zero-order valence-electron chi connectivity index (χ0n) is 5.75. The van der Waals surface area contributed by atoms with E-state index in [1.54, 1.807) is 0 Å². The molecule has 5 heteroatoms. The molecule has 0 bridgehead atoms. The molecule has 0 aromatic heterocycles. The maximum absolute atomic E-state index is 10.0. The average Bonchev–Trinajstić information content (AvgIpc) is 2.28. The van der Waals surface area contributed by atoms with E-state index in [2.05, 4.69) is 4.74 Å². The van der Waals surface area contributed by atoms with Gasteiger partial charge in [-0.25, -0.2) is 0 Å². The molecule has 0 aromatic rings. The Morgan fingerprint density at radius 1 is 1.55 bits per heavy atom. The van der Waals surface area contributed by atoms with E-state index in [1.165, 1.54) is 0 Å². The first-order valence-corrected chi connectivity index (χ1v) is 3.30. The summed E-state index contributed by atoms with van der Waals surface area (Å²) in [6, 6.07) is 0. The topological polar surface area (TPSA) is 87.0 Å². The van der Waals surface area contributed by atoms with Gasteiger partial charge in [0.15, 0.2) is 12.6 Å². The molecule has 5 nitrogen and oxygen atoms in total. The Kier molecular flexibility index (Phi) is 2.56. The van der Waals surface area contributed by atoms with Gasteiger partial charge >= 0.3 is 0 Å². The number of carbonyl (C=O) groups is 1. The molecule has 1 aliphatic rings. The lowest BCUT2D eigenvalue weighted by atomic mass is 10.1. The van der Waals surface area contributed by atoms with E-state index in [4.69, 9.17) is 15.3 Å². The van der Waals surface area contributed by atoms with Gasteiger partial charge in [0, 0.05) is 6.42 Å². The summed E-state index contributed by atoms with van der Waals surface area (Å²) in [4.78, 5) is 10.0. The van der Waals surface area contributed by atoms with Crippen molar-refractivity contribution in [1.82, 2.24) is 0 Å².